The smallest absolute Gasteiger partial charge is 0.0402 e. The summed E-state index contributed by atoms with van der Waals surface area (Å²) in [6, 6.07) is 2.35. The first-order chi connectivity index (χ1) is 7.82. The van der Waals surface area contributed by atoms with E-state index in [-0.39, 0.29) is 5.41 Å². The molecule has 0 heterocycles. The molecule has 1 nitrogen and oxygen atoms in total. The molecule has 0 radical (unpaired) electrons. The molecule has 1 rings (SSSR count). The maximum atomic E-state index is 3.37. The van der Waals surface area contributed by atoms with E-state index in [2.05, 4.69) is 52.9 Å². The summed E-state index contributed by atoms with van der Waals surface area (Å²) >= 11 is 0. The SMILES string of the molecule is CCCc1c(C)c(C(C)(C)C)cc(C)c1NC. The monoisotopic (exact) mass is 233 g/mol. The Labute approximate surface area is 107 Å². The van der Waals surface area contributed by atoms with Crippen LogP contribution in [0.4, 0.5) is 5.69 Å². The number of rotatable bonds is 3. The normalized spacial score (nSPS) is 11.7. The van der Waals surface area contributed by atoms with Gasteiger partial charge >= 0.3 is 0 Å². The van der Waals surface area contributed by atoms with Crippen molar-refractivity contribution in [2.45, 2.75) is 59.8 Å². The van der Waals surface area contributed by atoms with E-state index >= 15 is 0 Å². The van der Waals surface area contributed by atoms with Crippen molar-refractivity contribution in [1.82, 2.24) is 0 Å². The second-order valence-corrected chi connectivity index (χ2v) is 5.97. The predicted octanol–water partition coefficient (Wildman–Crippen LogP) is 4.60. The summed E-state index contributed by atoms with van der Waals surface area (Å²) in [5.41, 5.74) is 7.37. The fourth-order valence-electron chi connectivity index (χ4n) is 2.67. The molecule has 0 aliphatic carbocycles. The lowest BCUT2D eigenvalue weighted by Crippen LogP contribution is -2.16. The standard InChI is InChI=1S/C16H27N/c1-8-9-13-12(3)14(16(4,5)6)10-11(2)15(13)17-7/h10,17H,8-9H2,1-7H3. The second-order valence-electron chi connectivity index (χ2n) is 5.97. The molecular weight excluding hydrogens is 206 g/mol. The van der Waals surface area contributed by atoms with Gasteiger partial charge in [0.2, 0.25) is 0 Å². The maximum absolute atomic E-state index is 3.37. The molecule has 1 aromatic carbocycles. The molecule has 0 spiro atoms. The second kappa shape index (κ2) is 5.12. The van der Waals surface area contributed by atoms with Crippen molar-refractivity contribution in [1.29, 1.82) is 0 Å². The van der Waals surface area contributed by atoms with Gasteiger partial charge in [0.05, 0.1) is 0 Å². The van der Waals surface area contributed by atoms with Gasteiger partial charge in [-0.05, 0) is 47.9 Å². The topological polar surface area (TPSA) is 12.0 Å². The number of hydrogen-bond donors (Lipinski definition) is 1. The van der Waals surface area contributed by atoms with Crippen LogP contribution in [-0.2, 0) is 11.8 Å². The van der Waals surface area contributed by atoms with Gasteiger partial charge in [-0.25, -0.2) is 0 Å². The molecule has 0 aliphatic rings. The summed E-state index contributed by atoms with van der Waals surface area (Å²) in [6.45, 7) is 13.6. The van der Waals surface area contributed by atoms with Crippen molar-refractivity contribution < 1.29 is 0 Å². The van der Waals surface area contributed by atoms with Crippen molar-refractivity contribution in [3.05, 3.63) is 28.3 Å². The fourth-order valence-corrected chi connectivity index (χ4v) is 2.67. The fraction of sp³-hybridized carbons (Fsp3) is 0.625. The summed E-state index contributed by atoms with van der Waals surface area (Å²) in [5, 5.41) is 3.37. The average Bonchev–Trinajstić information content (AvgIpc) is 2.22. The van der Waals surface area contributed by atoms with Gasteiger partial charge in [-0.3, -0.25) is 0 Å². The minimum Gasteiger partial charge on any atom is -0.388 e. The van der Waals surface area contributed by atoms with E-state index in [1.165, 1.54) is 34.4 Å². The first-order valence-electron chi connectivity index (χ1n) is 6.64. The summed E-state index contributed by atoms with van der Waals surface area (Å²) in [7, 11) is 2.03. The number of hydrogen-bond acceptors (Lipinski definition) is 1. The molecule has 0 bridgehead atoms. The summed E-state index contributed by atoms with van der Waals surface area (Å²) < 4.78 is 0. The van der Waals surface area contributed by atoms with Gasteiger partial charge in [-0.1, -0.05) is 40.2 Å². The zero-order valence-electron chi connectivity index (χ0n) is 12.5. The Morgan fingerprint density at radius 1 is 1.18 bits per heavy atom. The van der Waals surface area contributed by atoms with E-state index in [9.17, 15) is 0 Å². The van der Waals surface area contributed by atoms with Gasteiger partial charge in [0.15, 0.2) is 0 Å². The van der Waals surface area contributed by atoms with Crippen LogP contribution in [0.15, 0.2) is 6.07 Å². The number of nitrogens with one attached hydrogen (secondary N) is 1. The van der Waals surface area contributed by atoms with Crippen LogP contribution in [0.1, 0.15) is 56.4 Å². The van der Waals surface area contributed by atoms with Crippen LogP contribution in [-0.4, -0.2) is 7.05 Å². The Hall–Kier alpha value is -0.980. The van der Waals surface area contributed by atoms with E-state index in [1.54, 1.807) is 0 Å². The molecule has 0 aliphatic heterocycles. The molecule has 0 aromatic heterocycles. The summed E-state index contributed by atoms with van der Waals surface area (Å²) in [4.78, 5) is 0. The lowest BCUT2D eigenvalue weighted by atomic mass is 9.80. The first kappa shape index (κ1) is 14.1. The van der Waals surface area contributed by atoms with E-state index in [0.29, 0.717) is 0 Å². The number of aryl methyl sites for hydroxylation is 1. The molecule has 0 saturated carbocycles. The van der Waals surface area contributed by atoms with Crippen molar-refractivity contribution >= 4 is 5.69 Å². The molecule has 96 valence electrons. The molecule has 0 atom stereocenters. The highest BCUT2D eigenvalue weighted by Crippen LogP contribution is 2.34. The Morgan fingerprint density at radius 2 is 1.76 bits per heavy atom. The van der Waals surface area contributed by atoms with Gasteiger partial charge < -0.3 is 5.32 Å². The van der Waals surface area contributed by atoms with Gasteiger partial charge in [0.25, 0.3) is 0 Å². The maximum Gasteiger partial charge on any atom is 0.0402 e. The Bertz CT molecular complexity index is 397. The molecule has 0 fully saturated rings. The van der Waals surface area contributed by atoms with Crippen molar-refractivity contribution in [2.75, 3.05) is 12.4 Å². The molecule has 0 amide bonds. The minimum absolute atomic E-state index is 0.226. The molecule has 1 heteroatoms. The zero-order chi connectivity index (χ0) is 13.2. The van der Waals surface area contributed by atoms with Crippen molar-refractivity contribution in [3.8, 4) is 0 Å². The molecule has 17 heavy (non-hydrogen) atoms. The third-order valence-electron chi connectivity index (χ3n) is 3.47. The molecule has 0 unspecified atom stereocenters. The Kier molecular flexibility index (Phi) is 4.24. The summed E-state index contributed by atoms with van der Waals surface area (Å²) in [5.74, 6) is 0. The first-order valence-corrected chi connectivity index (χ1v) is 6.64. The van der Waals surface area contributed by atoms with Crippen LogP contribution in [0.25, 0.3) is 0 Å². The van der Waals surface area contributed by atoms with Crippen LogP contribution in [0.2, 0.25) is 0 Å². The van der Waals surface area contributed by atoms with Gasteiger partial charge in [-0.2, -0.15) is 0 Å². The highest BCUT2D eigenvalue weighted by Gasteiger charge is 2.20. The third-order valence-corrected chi connectivity index (χ3v) is 3.47. The highest BCUT2D eigenvalue weighted by atomic mass is 14.8. The van der Waals surface area contributed by atoms with Crippen LogP contribution in [0, 0.1) is 13.8 Å². The summed E-state index contributed by atoms with van der Waals surface area (Å²) in [6.07, 6.45) is 2.36. The van der Waals surface area contributed by atoms with Gasteiger partial charge in [0.1, 0.15) is 0 Å². The van der Waals surface area contributed by atoms with Crippen LogP contribution in [0.5, 0.6) is 0 Å². The number of anilines is 1. The Balaban J connectivity index is 3.48. The minimum atomic E-state index is 0.226. The predicted molar refractivity (Wildman–Crippen MR) is 78.2 cm³/mol. The molecule has 0 saturated heterocycles. The average molecular weight is 233 g/mol. The number of benzene rings is 1. The third kappa shape index (κ3) is 2.83. The molecule has 1 aromatic rings. The Morgan fingerprint density at radius 3 is 2.18 bits per heavy atom. The highest BCUT2D eigenvalue weighted by molar-refractivity contribution is 5.62. The molecule has 1 N–H and O–H groups in total. The lowest BCUT2D eigenvalue weighted by Gasteiger charge is -2.26. The van der Waals surface area contributed by atoms with E-state index in [1.807, 2.05) is 7.05 Å². The van der Waals surface area contributed by atoms with E-state index < -0.39 is 0 Å². The van der Waals surface area contributed by atoms with Crippen molar-refractivity contribution in [2.24, 2.45) is 0 Å². The molecular formula is C16H27N. The van der Waals surface area contributed by atoms with Gasteiger partial charge in [-0.15, -0.1) is 0 Å². The largest absolute Gasteiger partial charge is 0.388 e. The van der Waals surface area contributed by atoms with E-state index in [4.69, 9.17) is 0 Å². The lowest BCUT2D eigenvalue weighted by molar-refractivity contribution is 0.584. The van der Waals surface area contributed by atoms with Crippen LogP contribution >= 0.6 is 0 Å². The quantitative estimate of drug-likeness (QED) is 0.805. The van der Waals surface area contributed by atoms with Gasteiger partial charge in [0, 0.05) is 12.7 Å². The van der Waals surface area contributed by atoms with E-state index in [0.717, 1.165) is 6.42 Å². The van der Waals surface area contributed by atoms with Crippen molar-refractivity contribution in [3.63, 3.8) is 0 Å². The van der Waals surface area contributed by atoms with Crippen LogP contribution in [0.3, 0.4) is 0 Å². The van der Waals surface area contributed by atoms with Crippen LogP contribution < -0.4 is 5.32 Å². The zero-order valence-corrected chi connectivity index (χ0v) is 12.5.